The molecule has 0 radical (unpaired) electrons. The molecule has 1 aromatic carbocycles. The van der Waals surface area contributed by atoms with Gasteiger partial charge >= 0.3 is 0 Å². The van der Waals surface area contributed by atoms with E-state index in [1.807, 2.05) is 11.0 Å². The minimum absolute atomic E-state index is 0.191. The van der Waals surface area contributed by atoms with Gasteiger partial charge in [0.1, 0.15) is 0 Å². The van der Waals surface area contributed by atoms with Crippen molar-refractivity contribution in [3.05, 3.63) is 34.9 Å². The smallest absolute Gasteiger partial charge is 0.254 e. The van der Waals surface area contributed by atoms with Gasteiger partial charge in [0.15, 0.2) is 0 Å². The van der Waals surface area contributed by atoms with Crippen molar-refractivity contribution in [3.8, 4) is 0 Å². The molecular weight excluding hydrogens is 210 g/mol. The van der Waals surface area contributed by atoms with Crippen molar-refractivity contribution in [1.29, 1.82) is 0 Å². The molecule has 1 heterocycles. The first-order chi connectivity index (χ1) is 8.00. The van der Waals surface area contributed by atoms with Gasteiger partial charge in [-0.1, -0.05) is 26.0 Å². The molecule has 2 nitrogen and oxygen atoms in total. The first kappa shape index (κ1) is 12.2. The summed E-state index contributed by atoms with van der Waals surface area (Å²) in [6.45, 7) is 9.38. The molecule has 0 spiro atoms. The van der Waals surface area contributed by atoms with Crippen molar-refractivity contribution in [2.24, 2.45) is 0 Å². The quantitative estimate of drug-likeness (QED) is 0.765. The molecule has 2 rings (SSSR count). The summed E-state index contributed by atoms with van der Waals surface area (Å²) in [6.07, 6.45) is 0.986. The second kappa shape index (κ2) is 4.52. The Balaban J connectivity index is 2.36. The van der Waals surface area contributed by atoms with Gasteiger partial charge in [-0.05, 0) is 43.4 Å². The molecule has 1 aliphatic rings. The van der Waals surface area contributed by atoms with Crippen LogP contribution in [0.15, 0.2) is 18.2 Å². The Bertz CT molecular complexity index is 435. The third-order valence-corrected chi connectivity index (χ3v) is 3.53. The molecule has 0 saturated heterocycles. The average molecular weight is 231 g/mol. The van der Waals surface area contributed by atoms with Gasteiger partial charge in [-0.25, -0.2) is 0 Å². The van der Waals surface area contributed by atoms with E-state index in [-0.39, 0.29) is 5.91 Å². The Hall–Kier alpha value is -1.31. The fourth-order valence-electron chi connectivity index (χ4n) is 2.38. The summed E-state index contributed by atoms with van der Waals surface area (Å²) >= 11 is 0. The lowest BCUT2D eigenvalue weighted by molar-refractivity contribution is 0.0688. The fraction of sp³-hybridized carbons (Fsp3) is 0.533. The van der Waals surface area contributed by atoms with E-state index in [1.54, 1.807) is 0 Å². The van der Waals surface area contributed by atoms with E-state index in [4.69, 9.17) is 0 Å². The highest BCUT2D eigenvalue weighted by atomic mass is 16.2. The van der Waals surface area contributed by atoms with Crippen LogP contribution in [-0.4, -0.2) is 23.4 Å². The maximum absolute atomic E-state index is 12.3. The highest BCUT2D eigenvalue weighted by Crippen LogP contribution is 2.24. The number of benzene rings is 1. The maximum atomic E-state index is 12.3. The molecule has 1 amide bonds. The lowest BCUT2D eigenvalue weighted by Gasteiger charge is -2.32. The predicted octanol–water partition coefficient (Wildman–Crippen LogP) is 3.22. The van der Waals surface area contributed by atoms with Crippen LogP contribution in [0.3, 0.4) is 0 Å². The second-order valence-electron chi connectivity index (χ2n) is 5.41. The van der Waals surface area contributed by atoms with E-state index in [2.05, 4.69) is 39.8 Å². The molecule has 0 aliphatic carbocycles. The van der Waals surface area contributed by atoms with E-state index < -0.39 is 0 Å². The van der Waals surface area contributed by atoms with Gasteiger partial charge in [0.05, 0.1) is 0 Å². The van der Waals surface area contributed by atoms with Crippen molar-refractivity contribution in [2.45, 2.75) is 46.1 Å². The van der Waals surface area contributed by atoms with Gasteiger partial charge in [-0.3, -0.25) is 4.79 Å². The Morgan fingerprint density at radius 3 is 2.47 bits per heavy atom. The molecule has 17 heavy (non-hydrogen) atoms. The van der Waals surface area contributed by atoms with E-state index in [0.717, 1.165) is 18.5 Å². The van der Waals surface area contributed by atoms with Crippen molar-refractivity contribution in [1.82, 2.24) is 4.90 Å². The number of hydrogen-bond donors (Lipinski definition) is 0. The fourth-order valence-corrected chi connectivity index (χ4v) is 2.38. The summed E-state index contributed by atoms with van der Waals surface area (Å²) in [5.41, 5.74) is 3.45. The number of nitrogens with zero attached hydrogens (tertiary/aromatic N) is 1. The van der Waals surface area contributed by atoms with Gasteiger partial charge < -0.3 is 4.90 Å². The largest absolute Gasteiger partial charge is 0.336 e. The third kappa shape index (κ3) is 2.21. The zero-order chi connectivity index (χ0) is 12.6. The number of rotatable bonds is 2. The molecular formula is C15H21NO. The zero-order valence-corrected chi connectivity index (χ0v) is 11.2. The Labute approximate surface area is 104 Å². The Morgan fingerprint density at radius 1 is 1.18 bits per heavy atom. The molecule has 0 aromatic heterocycles. The summed E-state index contributed by atoms with van der Waals surface area (Å²) in [5.74, 6) is 0.718. The van der Waals surface area contributed by atoms with Gasteiger partial charge in [0.2, 0.25) is 0 Å². The van der Waals surface area contributed by atoms with Crippen LogP contribution in [0.5, 0.6) is 0 Å². The zero-order valence-electron chi connectivity index (χ0n) is 11.2. The minimum atomic E-state index is 0.191. The van der Waals surface area contributed by atoms with Crippen molar-refractivity contribution >= 4 is 5.91 Å². The standard InChI is InChI=1S/C15H21NO/c1-10(2)12-5-6-14-13(9-12)7-8-16(11(3)4)15(14)17/h5-6,9-11H,7-8H2,1-4H3. The molecule has 0 atom stereocenters. The molecule has 1 aliphatic heterocycles. The van der Waals surface area contributed by atoms with Crippen LogP contribution in [0.4, 0.5) is 0 Å². The second-order valence-corrected chi connectivity index (χ2v) is 5.41. The van der Waals surface area contributed by atoms with Crippen molar-refractivity contribution in [2.75, 3.05) is 6.54 Å². The lowest BCUT2D eigenvalue weighted by Crippen LogP contribution is -2.42. The van der Waals surface area contributed by atoms with Gasteiger partial charge in [-0.15, -0.1) is 0 Å². The van der Waals surface area contributed by atoms with Gasteiger partial charge in [-0.2, -0.15) is 0 Å². The average Bonchev–Trinajstić information content (AvgIpc) is 2.28. The van der Waals surface area contributed by atoms with Crippen LogP contribution in [0, 0.1) is 0 Å². The van der Waals surface area contributed by atoms with Crippen LogP contribution in [0.25, 0.3) is 0 Å². The first-order valence-electron chi connectivity index (χ1n) is 6.44. The third-order valence-electron chi connectivity index (χ3n) is 3.53. The maximum Gasteiger partial charge on any atom is 0.254 e. The van der Waals surface area contributed by atoms with Crippen LogP contribution in [0.1, 0.15) is 55.1 Å². The summed E-state index contributed by atoms with van der Waals surface area (Å²) in [4.78, 5) is 14.2. The Morgan fingerprint density at radius 2 is 1.88 bits per heavy atom. The number of carbonyl (C=O) groups is 1. The van der Waals surface area contributed by atoms with Crippen molar-refractivity contribution in [3.63, 3.8) is 0 Å². The molecule has 0 N–H and O–H groups in total. The van der Waals surface area contributed by atoms with Crippen LogP contribution >= 0.6 is 0 Å². The predicted molar refractivity (Wildman–Crippen MR) is 70.4 cm³/mol. The van der Waals surface area contributed by atoms with E-state index in [0.29, 0.717) is 12.0 Å². The highest BCUT2D eigenvalue weighted by molar-refractivity contribution is 5.97. The van der Waals surface area contributed by atoms with Crippen LogP contribution in [-0.2, 0) is 6.42 Å². The molecule has 0 saturated carbocycles. The minimum Gasteiger partial charge on any atom is -0.336 e. The number of carbonyl (C=O) groups excluding carboxylic acids is 1. The first-order valence-corrected chi connectivity index (χ1v) is 6.44. The highest BCUT2D eigenvalue weighted by Gasteiger charge is 2.26. The van der Waals surface area contributed by atoms with E-state index in [9.17, 15) is 4.79 Å². The number of hydrogen-bond acceptors (Lipinski definition) is 1. The molecule has 92 valence electrons. The SMILES string of the molecule is CC(C)c1ccc2c(c1)CCN(C(C)C)C2=O. The number of fused-ring (bicyclic) bond motifs is 1. The van der Waals surface area contributed by atoms with Gasteiger partial charge in [0, 0.05) is 18.2 Å². The van der Waals surface area contributed by atoms with Gasteiger partial charge in [0.25, 0.3) is 5.91 Å². The lowest BCUT2D eigenvalue weighted by atomic mass is 9.92. The summed E-state index contributed by atoms with van der Waals surface area (Å²) < 4.78 is 0. The molecule has 0 bridgehead atoms. The molecule has 0 unspecified atom stereocenters. The normalized spacial score (nSPS) is 15.6. The summed E-state index contributed by atoms with van der Waals surface area (Å²) in [7, 11) is 0. The number of amides is 1. The molecule has 1 aromatic rings. The summed E-state index contributed by atoms with van der Waals surface area (Å²) in [5, 5.41) is 0. The molecule has 2 heteroatoms. The van der Waals surface area contributed by atoms with E-state index >= 15 is 0 Å². The summed E-state index contributed by atoms with van der Waals surface area (Å²) in [6, 6.07) is 6.59. The topological polar surface area (TPSA) is 20.3 Å². The van der Waals surface area contributed by atoms with E-state index in [1.165, 1.54) is 11.1 Å². The molecule has 0 fully saturated rings. The van der Waals surface area contributed by atoms with Crippen LogP contribution < -0.4 is 0 Å². The monoisotopic (exact) mass is 231 g/mol. The van der Waals surface area contributed by atoms with Crippen LogP contribution in [0.2, 0.25) is 0 Å². The van der Waals surface area contributed by atoms with Crippen molar-refractivity contribution < 1.29 is 4.79 Å². The Kier molecular flexibility index (Phi) is 3.23.